The van der Waals surface area contributed by atoms with Crippen LogP contribution in [-0.2, 0) is 9.47 Å². The van der Waals surface area contributed by atoms with Crippen molar-refractivity contribution in [3.8, 4) is 0 Å². The largest absolute Gasteiger partial charge is 0.371 e. The van der Waals surface area contributed by atoms with Crippen LogP contribution in [0, 0.1) is 0 Å². The highest BCUT2D eigenvalue weighted by Crippen LogP contribution is 2.19. The quantitative estimate of drug-likeness (QED) is 0.510. The first kappa shape index (κ1) is 8.02. The van der Waals surface area contributed by atoms with E-state index in [-0.39, 0.29) is 12.2 Å². The Bertz CT molecular complexity index is 174. The highest BCUT2D eigenvalue weighted by molar-refractivity contribution is 4.98. The SMILES string of the molecule is C1=CC[C@@H]2OC/C=C\CO[C@H]2C1. The van der Waals surface area contributed by atoms with Gasteiger partial charge >= 0.3 is 0 Å². The lowest BCUT2D eigenvalue weighted by molar-refractivity contribution is -0.0631. The Morgan fingerprint density at radius 3 is 1.75 bits per heavy atom. The third-order valence-electron chi connectivity index (χ3n) is 2.30. The second-order valence-corrected chi connectivity index (χ2v) is 3.16. The Morgan fingerprint density at radius 1 is 0.750 bits per heavy atom. The van der Waals surface area contributed by atoms with Gasteiger partial charge in [0, 0.05) is 0 Å². The molecule has 0 aromatic heterocycles. The molecule has 1 aliphatic carbocycles. The Kier molecular flexibility index (Phi) is 2.59. The first-order valence-corrected chi connectivity index (χ1v) is 4.50. The molecule has 2 rings (SSSR count). The molecule has 0 saturated heterocycles. The van der Waals surface area contributed by atoms with E-state index in [9.17, 15) is 0 Å². The van der Waals surface area contributed by atoms with Crippen molar-refractivity contribution < 1.29 is 9.47 Å². The number of hydrogen-bond acceptors (Lipinski definition) is 2. The van der Waals surface area contributed by atoms with E-state index in [2.05, 4.69) is 12.2 Å². The van der Waals surface area contributed by atoms with Crippen LogP contribution in [0.3, 0.4) is 0 Å². The van der Waals surface area contributed by atoms with Crippen LogP contribution in [0.2, 0.25) is 0 Å². The van der Waals surface area contributed by atoms with E-state index >= 15 is 0 Å². The van der Waals surface area contributed by atoms with Crippen LogP contribution >= 0.6 is 0 Å². The molecule has 0 N–H and O–H groups in total. The summed E-state index contributed by atoms with van der Waals surface area (Å²) in [6.07, 6.45) is 11.0. The topological polar surface area (TPSA) is 18.5 Å². The molecule has 2 aliphatic rings. The zero-order chi connectivity index (χ0) is 8.23. The number of ether oxygens (including phenoxy) is 2. The van der Waals surface area contributed by atoms with Crippen molar-refractivity contribution in [2.45, 2.75) is 25.0 Å². The molecule has 1 aliphatic heterocycles. The summed E-state index contributed by atoms with van der Waals surface area (Å²) in [5.41, 5.74) is 0. The van der Waals surface area contributed by atoms with Crippen molar-refractivity contribution in [1.82, 2.24) is 0 Å². The molecule has 66 valence electrons. The van der Waals surface area contributed by atoms with Crippen molar-refractivity contribution in [3.05, 3.63) is 24.3 Å². The van der Waals surface area contributed by atoms with Gasteiger partial charge in [-0.15, -0.1) is 0 Å². The highest BCUT2D eigenvalue weighted by Gasteiger charge is 2.23. The molecule has 0 bridgehead atoms. The normalized spacial score (nSPS) is 38.0. The standard InChI is InChI=1S/C10H14O2/c1-2-6-10-9(5-1)11-7-3-4-8-12-10/h1-4,9-10H,5-8H2/b4-3-/t9-,10-/m0/s1. The van der Waals surface area contributed by atoms with Crippen LogP contribution in [0.15, 0.2) is 24.3 Å². The summed E-state index contributed by atoms with van der Waals surface area (Å²) < 4.78 is 11.2. The number of fused-ring (bicyclic) bond motifs is 1. The fraction of sp³-hybridized carbons (Fsp3) is 0.600. The summed E-state index contributed by atoms with van der Waals surface area (Å²) >= 11 is 0. The van der Waals surface area contributed by atoms with Gasteiger partial charge in [0.2, 0.25) is 0 Å². The molecule has 2 nitrogen and oxygen atoms in total. The maximum Gasteiger partial charge on any atom is 0.0878 e. The molecule has 2 atom stereocenters. The van der Waals surface area contributed by atoms with Gasteiger partial charge in [0.1, 0.15) is 0 Å². The first-order valence-electron chi connectivity index (χ1n) is 4.50. The number of hydrogen-bond donors (Lipinski definition) is 0. The Balaban J connectivity index is 2.01. The smallest absolute Gasteiger partial charge is 0.0878 e. The molecule has 0 aromatic carbocycles. The molecule has 0 spiro atoms. The van der Waals surface area contributed by atoms with E-state index < -0.39 is 0 Å². The predicted molar refractivity (Wildman–Crippen MR) is 47.0 cm³/mol. The molecule has 12 heavy (non-hydrogen) atoms. The molecule has 0 saturated carbocycles. The molecular weight excluding hydrogens is 152 g/mol. The maximum atomic E-state index is 5.62. The van der Waals surface area contributed by atoms with Crippen molar-refractivity contribution in [2.75, 3.05) is 13.2 Å². The highest BCUT2D eigenvalue weighted by atomic mass is 16.5. The van der Waals surface area contributed by atoms with E-state index in [1.54, 1.807) is 0 Å². The second kappa shape index (κ2) is 3.87. The fourth-order valence-electron chi connectivity index (χ4n) is 1.61. The average Bonchev–Trinajstić information content (AvgIpc) is 2.06. The van der Waals surface area contributed by atoms with E-state index in [4.69, 9.17) is 9.47 Å². The lowest BCUT2D eigenvalue weighted by Gasteiger charge is -2.29. The number of rotatable bonds is 0. The van der Waals surface area contributed by atoms with Crippen LogP contribution < -0.4 is 0 Å². The van der Waals surface area contributed by atoms with Gasteiger partial charge in [0.25, 0.3) is 0 Å². The van der Waals surface area contributed by atoms with E-state index in [1.165, 1.54) is 0 Å². The average molecular weight is 166 g/mol. The van der Waals surface area contributed by atoms with Gasteiger partial charge in [-0.05, 0) is 12.8 Å². The van der Waals surface area contributed by atoms with Crippen molar-refractivity contribution >= 4 is 0 Å². The van der Waals surface area contributed by atoms with Crippen LogP contribution in [-0.4, -0.2) is 25.4 Å². The van der Waals surface area contributed by atoms with E-state index in [0.29, 0.717) is 0 Å². The summed E-state index contributed by atoms with van der Waals surface area (Å²) in [5, 5.41) is 0. The third-order valence-corrected chi connectivity index (χ3v) is 2.30. The van der Waals surface area contributed by atoms with Crippen molar-refractivity contribution in [3.63, 3.8) is 0 Å². The maximum absolute atomic E-state index is 5.62. The minimum Gasteiger partial charge on any atom is -0.371 e. The third kappa shape index (κ3) is 1.76. The Hall–Kier alpha value is -0.600. The summed E-state index contributed by atoms with van der Waals surface area (Å²) in [4.78, 5) is 0. The van der Waals surface area contributed by atoms with E-state index in [0.717, 1.165) is 26.1 Å². The molecule has 1 heterocycles. The van der Waals surface area contributed by atoms with Gasteiger partial charge in [0.05, 0.1) is 25.4 Å². The van der Waals surface area contributed by atoms with Crippen LogP contribution in [0.5, 0.6) is 0 Å². The minimum absolute atomic E-state index is 0.278. The van der Waals surface area contributed by atoms with Gasteiger partial charge < -0.3 is 9.47 Å². The lowest BCUT2D eigenvalue weighted by Crippen LogP contribution is -2.34. The molecule has 0 amide bonds. The molecule has 0 radical (unpaired) electrons. The fourth-order valence-corrected chi connectivity index (χ4v) is 1.61. The molecule has 2 heteroatoms. The Morgan fingerprint density at radius 2 is 1.25 bits per heavy atom. The first-order chi connectivity index (χ1) is 5.97. The molecule has 0 unspecified atom stereocenters. The van der Waals surface area contributed by atoms with Crippen LogP contribution in [0.4, 0.5) is 0 Å². The van der Waals surface area contributed by atoms with Crippen LogP contribution in [0.1, 0.15) is 12.8 Å². The molecule has 0 aromatic rings. The van der Waals surface area contributed by atoms with Crippen molar-refractivity contribution in [2.24, 2.45) is 0 Å². The summed E-state index contributed by atoms with van der Waals surface area (Å²) in [6, 6.07) is 0. The van der Waals surface area contributed by atoms with Crippen molar-refractivity contribution in [1.29, 1.82) is 0 Å². The van der Waals surface area contributed by atoms with Gasteiger partial charge in [-0.1, -0.05) is 24.3 Å². The molecule has 0 fully saturated rings. The lowest BCUT2D eigenvalue weighted by atomic mass is 10.0. The van der Waals surface area contributed by atoms with Gasteiger partial charge in [-0.3, -0.25) is 0 Å². The Labute approximate surface area is 72.9 Å². The van der Waals surface area contributed by atoms with Crippen LogP contribution in [0.25, 0.3) is 0 Å². The van der Waals surface area contributed by atoms with E-state index in [1.807, 2.05) is 12.2 Å². The summed E-state index contributed by atoms with van der Waals surface area (Å²) in [7, 11) is 0. The van der Waals surface area contributed by atoms with Gasteiger partial charge in [0.15, 0.2) is 0 Å². The minimum atomic E-state index is 0.278. The predicted octanol–water partition coefficient (Wildman–Crippen LogP) is 1.68. The zero-order valence-electron chi connectivity index (χ0n) is 7.11. The van der Waals surface area contributed by atoms with Gasteiger partial charge in [-0.25, -0.2) is 0 Å². The monoisotopic (exact) mass is 166 g/mol. The second-order valence-electron chi connectivity index (χ2n) is 3.16. The zero-order valence-corrected chi connectivity index (χ0v) is 7.11. The molecular formula is C10H14O2. The summed E-state index contributed by atoms with van der Waals surface area (Å²) in [6.45, 7) is 1.47. The summed E-state index contributed by atoms with van der Waals surface area (Å²) in [5.74, 6) is 0. The van der Waals surface area contributed by atoms with Gasteiger partial charge in [-0.2, -0.15) is 0 Å².